The molecule has 58 valence electrons. The van der Waals surface area contributed by atoms with E-state index in [1.54, 1.807) is 0 Å². The van der Waals surface area contributed by atoms with Crippen LogP contribution in [0.3, 0.4) is 0 Å². The van der Waals surface area contributed by atoms with Gasteiger partial charge in [0.25, 0.3) is 0 Å². The van der Waals surface area contributed by atoms with Crippen molar-refractivity contribution in [3.05, 3.63) is 29.8 Å². The van der Waals surface area contributed by atoms with Crippen molar-refractivity contribution in [1.82, 2.24) is 0 Å². The third-order valence-electron chi connectivity index (χ3n) is 2.00. The average Bonchev–Trinajstić information content (AvgIpc) is 2.04. The molecule has 0 radical (unpaired) electrons. The number of benzene rings is 1. The lowest BCUT2D eigenvalue weighted by molar-refractivity contribution is 0.184. The Balaban J connectivity index is 2.34. The van der Waals surface area contributed by atoms with Gasteiger partial charge in [0.2, 0.25) is 0 Å². The maximum absolute atomic E-state index is 9.29. The second-order valence-corrected chi connectivity index (χ2v) is 2.90. The number of fused-ring (bicyclic) bond motifs is 1. The lowest BCUT2D eigenvalue weighted by Gasteiger charge is -2.21. The topological polar surface area (TPSA) is 32.3 Å². The van der Waals surface area contributed by atoms with Crippen LogP contribution in [-0.2, 0) is 6.42 Å². The summed E-state index contributed by atoms with van der Waals surface area (Å²) in [5.41, 5.74) is 2.38. The van der Waals surface area contributed by atoms with E-state index in [0.717, 1.165) is 12.1 Å². The van der Waals surface area contributed by atoms with E-state index < -0.39 is 0 Å². The first-order valence-corrected chi connectivity index (χ1v) is 3.86. The summed E-state index contributed by atoms with van der Waals surface area (Å²) in [7, 11) is 0. The number of β-amino-alcohol motifs (C(OH)–C–C–N with tert-alkyl or cyclic N) is 1. The van der Waals surface area contributed by atoms with E-state index in [-0.39, 0.29) is 6.10 Å². The number of para-hydroxylation sites is 1. The summed E-state index contributed by atoms with van der Waals surface area (Å²) in [5, 5.41) is 12.5. The van der Waals surface area contributed by atoms with Crippen molar-refractivity contribution in [2.24, 2.45) is 0 Å². The molecule has 1 heterocycles. The van der Waals surface area contributed by atoms with Crippen molar-refractivity contribution >= 4 is 5.69 Å². The zero-order chi connectivity index (χ0) is 7.68. The van der Waals surface area contributed by atoms with E-state index in [9.17, 15) is 5.11 Å². The summed E-state index contributed by atoms with van der Waals surface area (Å²) in [6, 6.07) is 8.09. The zero-order valence-electron chi connectivity index (χ0n) is 6.25. The maximum atomic E-state index is 9.29. The molecule has 0 amide bonds. The summed E-state index contributed by atoms with van der Waals surface area (Å²) >= 11 is 0. The van der Waals surface area contributed by atoms with Crippen LogP contribution in [0, 0.1) is 0 Å². The Hall–Kier alpha value is -1.02. The Bertz CT molecular complexity index is 259. The van der Waals surface area contributed by atoms with Gasteiger partial charge in [-0.3, -0.25) is 0 Å². The van der Waals surface area contributed by atoms with Gasteiger partial charge in [-0.2, -0.15) is 0 Å². The van der Waals surface area contributed by atoms with E-state index in [1.807, 2.05) is 24.3 Å². The molecule has 0 spiro atoms. The highest BCUT2D eigenvalue weighted by Gasteiger charge is 2.13. The minimum atomic E-state index is -0.218. The molecule has 11 heavy (non-hydrogen) atoms. The number of rotatable bonds is 0. The van der Waals surface area contributed by atoms with Crippen molar-refractivity contribution < 1.29 is 5.11 Å². The molecule has 0 aromatic heterocycles. The van der Waals surface area contributed by atoms with Gasteiger partial charge >= 0.3 is 0 Å². The third kappa shape index (κ3) is 1.21. The SMILES string of the molecule is OC1CNc2ccccc2C1. The molecule has 2 nitrogen and oxygen atoms in total. The molecule has 0 saturated carbocycles. The smallest absolute Gasteiger partial charge is 0.0753 e. The minimum Gasteiger partial charge on any atom is -0.391 e. The van der Waals surface area contributed by atoms with Crippen LogP contribution in [0.5, 0.6) is 0 Å². The fraction of sp³-hybridized carbons (Fsp3) is 0.333. The standard InChI is InChI=1S/C9H11NO/c11-8-5-7-3-1-2-4-9(7)10-6-8/h1-4,8,10-11H,5-6H2. The number of nitrogens with one attached hydrogen (secondary N) is 1. The molecule has 0 saturated heterocycles. The van der Waals surface area contributed by atoms with E-state index in [4.69, 9.17) is 0 Å². The molecule has 0 aliphatic carbocycles. The molecule has 1 aliphatic rings. The summed E-state index contributed by atoms with van der Waals surface area (Å²) < 4.78 is 0. The Labute approximate surface area is 65.9 Å². The highest BCUT2D eigenvalue weighted by Crippen LogP contribution is 2.20. The summed E-state index contributed by atoms with van der Waals surface area (Å²) in [6.45, 7) is 0.678. The fourth-order valence-electron chi connectivity index (χ4n) is 1.42. The maximum Gasteiger partial charge on any atom is 0.0753 e. The van der Waals surface area contributed by atoms with Gasteiger partial charge in [-0.05, 0) is 11.6 Å². The zero-order valence-corrected chi connectivity index (χ0v) is 6.25. The van der Waals surface area contributed by atoms with E-state index in [2.05, 4.69) is 5.32 Å². The molecule has 0 bridgehead atoms. The molecule has 1 aromatic carbocycles. The molecule has 2 N–H and O–H groups in total. The van der Waals surface area contributed by atoms with Crippen LogP contribution in [0.25, 0.3) is 0 Å². The van der Waals surface area contributed by atoms with Gasteiger partial charge in [-0.1, -0.05) is 18.2 Å². The van der Waals surface area contributed by atoms with Crippen molar-refractivity contribution in [1.29, 1.82) is 0 Å². The molecule has 2 rings (SSSR count). The van der Waals surface area contributed by atoms with E-state index in [0.29, 0.717) is 6.54 Å². The van der Waals surface area contributed by atoms with E-state index in [1.165, 1.54) is 5.56 Å². The summed E-state index contributed by atoms with van der Waals surface area (Å²) in [6.07, 6.45) is 0.563. The lowest BCUT2D eigenvalue weighted by atomic mass is 10.0. The lowest BCUT2D eigenvalue weighted by Crippen LogP contribution is -2.27. The monoisotopic (exact) mass is 149 g/mol. The van der Waals surface area contributed by atoms with Gasteiger partial charge < -0.3 is 10.4 Å². The van der Waals surface area contributed by atoms with Gasteiger partial charge in [0.05, 0.1) is 6.10 Å². The van der Waals surface area contributed by atoms with Crippen LogP contribution in [0.15, 0.2) is 24.3 Å². The average molecular weight is 149 g/mol. The molecule has 1 unspecified atom stereocenters. The quantitative estimate of drug-likeness (QED) is 0.577. The van der Waals surface area contributed by atoms with E-state index >= 15 is 0 Å². The highest BCUT2D eigenvalue weighted by molar-refractivity contribution is 5.53. The number of anilines is 1. The first-order chi connectivity index (χ1) is 5.36. The Kier molecular flexibility index (Phi) is 1.55. The third-order valence-corrected chi connectivity index (χ3v) is 2.00. The second-order valence-electron chi connectivity index (χ2n) is 2.90. The van der Waals surface area contributed by atoms with Crippen molar-refractivity contribution in [3.8, 4) is 0 Å². The second kappa shape index (κ2) is 2.55. The Morgan fingerprint density at radius 2 is 2.18 bits per heavy atom. The summed E-state index contributed by atoms with van der Waals surface area (Å²) in [4.78, 5) is 0. The molecular weight excluding hydrogens is 138 g/mol. The number of hydrogen-bond acceptors (Lipinski definition) is 2. The van der Waals surface area contributed by atoms with Crippen LogP contribution in [0.2, 0.25) is 0 Å². The predicted octanol–water partition coefficient (Wildman–Crippen LogP) is 1.02. The largest absolute Gasteiger partial charge is 0.391 e. The minimum absolute atomic E-state index is 0.218. The Morgan fingerprint density at radius 1 is 1.36 bits per heavy atom. The molecule has 1 aromatic rings. The van der Waals surface area contributed by atoms with Crippen LogP contribution in [-0.4, -0.2) is 17.8 Å². The molecule has 0 fully saturated rings. The Morgan fingerprint density at radius 3 is 3.09 bits per heavy atom. The number of aliphatic hydroxyl groups excluding tert-OH is 1. The first kappa shape index (κ1) is 6.68. The van der Waals surface area contributed by atoms with Crippen molar-refractivity contribution in [2.45, 2.75) is 12.5 Å². The highest BCUT2D eigenvalue weighted by atomic mass is 16.3. The van der Waals surface area contributed by atoms with Gasteiger partial charge in [0.1, 0.15) is 0 Å². The van der Waals surface area contributed by atoms with Crippen molar-refractivity contribution in [3.63, 3.8) is 0 Å². The number of aliphatic hydroxyl groups is 1. The van der Waals surface area contributed by atoms with Gasteiger partial charge in [-0.15, -0.1) is 0 Å². The van der Waals surface area contributed by atoms with Crippen LogP contribution < -0.4 is 5.32 Å². The number of hydrogen-bond donors (Lipinski definition) is 2. The van der Waals surface area contributed by atoms with Gasteiger partial charge in [-0.25, -0.2) is 0 Å². The molecule has 1 aliphatic heterocycles. The first-order valence-electron chi connectivity index (χ1n) is 3.86. The van der Waals surface area contributed by atoms with Crippen LogP contribution >= 0.6 is 0 Å². The molecular formula is C9H11NO. The molecule has 2 heteroatoms. The summed E-state index contributed by atoms with van der Waals surface area (Å²) in [5.74, 6) is 0. The van der Waals surface area contributed by atoms with Crippen molar-refractivity contribution in [2.75, 3.05) is 11.9 Å². The molecule has 1 atom stereocenters. The predicted molar refractivity (Wildman–Crippen MR) is 44.6 cm³/mol. The van der Waals surface area contributed by atoms with Gasteiger partial charge in [0.15, 0.2) is 0 Å². The fourth-order valence-corrected chi connectivity index (χ4v) is 1.42. The van der Waals surface area contributed by atoms with Gasteiger partial charge in [0, 0.05) is 18.7 Å². The van der Waals surface area contributed by atoms with Crippen LogP contribution in [0.1, 0.15) is 5.56 Å². The normalized spacial score (nSPS) is 22.1. The van der Waals surface area contributed by atoms with Crippen LogP contribution in [0.4, 0.5) is 5.69 Å².